The van der Waals surface area contributed by atoms with Gasteiger partial charge in [-0.15, -0.1) is 0 Å². The van der Waals surface area contributed by atoms with Gasteiger partial charge in [0.05, 0.1) is 26.4 Å². The third kappa shape index (κ3) is 35.7. The van der Waals surface area contributed by atoms with Gasteiger partial charge in [-0.3, -0.25) is 0 Å². The first-order chi connectivity index (χ1) is 11.8. The molecule has 2 N–H and O–H groups in total. The minimum Gasteiger partial charge on any atom is -0.412 e. The van der Waals surface area contributed by atoms with Crippen LogP contribution in [0.4, 0.5) is 0 Å². The second-order valence-corrected chi connectivity index (χ2v) is 5.86. The van der Waals surface area contributed by atoms with Gasteiger partial charge < -0.3 is 24.4 Å². The summed E-state index contributed by atoms with van der Waals surface area (Å²) in [7, 11) is 0. The van der Waals surface area contributed by atoms with Crippen molar-refractivity contribution in [2.45, 2.75) is 79.1 Å². The molecule has 156 valence electrons. The first-order valence-electron chi connectivity index (χ1n) is 10.1. The van der Waals surface area contributed by atoms with Crippen molar-refractivity contribution in [1.29, 1.82) is 0 Å². The molecule has 5 heteroatoms. The summed E-state index contributed by atoms with van der Waals surface area (Å²) < 4.78 is 21.3. The molecule has 5 nitrogen and oxygen atoms in total. The highest BCUT2D eigenvalue weighted by molar-refractivity contribution is 4.36. The predicted molar refractivity (Wildman–Crippen MR) is 107 cm³/mol. The van der Waals surface area contributed by atoms with Crippen molar-refractivity contribution >= 4 is 0 Å². The van der Waals surface area contributed by atoms with Crippen LogP contribution in [0.25, 0.3) is 0 Å². The summed E-state index contributed by atoms with van der Waals surface area (Å²) in [5, 5.41) is 0. The lowest BCUT2D eigenvalue weighted by Gasteiger charge is -2.03. The van der Waals surface area contributed by atoms with E-state index in [1.54, 1.807) is 0 Å². The topological polar surface area (TPSA) is 68.4 Å². The Kier molecular flexibility index (Phi) is 37.3. The average molecular weight is 367 g/mol. The first-order valence-corrected chi connectivity index (χ1v) is 10.1. The van der Waals surface area contributed by atoms with E-state index in [4.69, 9.17) is 18.9 Å². The Morgan fingerprint density at radius 1 is 0.360 bits per heavy atom. The second kappa shape index (κ2) is 31.6. The van der Waals surface area contributed by atoms with E-state index < -0.39 is 0 Å². The third-order valence-corrected chi connectivity index (χ3v) is 3.31. The molecule has 0 atom stereocenters. The van der Waals surface area contributed by atoms with Crippen LogP contribution in [0.1, 0.15) is 79.1 Å². The Hall–Kier alpha value is -0.200. The first kappa shape index (κ1) is 29.6. The SMILES string of the molecule is CCCCOCCOCCCC.CCCCOCCOCCCC.O. The van der Waals surface area contributed by atoms with Crippen LogP contribution < -0.4 is 0 Å². The maximum absolute atomic E-state index is 5.33. The minimum atomic E-state index is 0. The van der Waals surface area contributed by atoms with Crippen LogP contribution >= 0.6 is 0 Å². The van der Waals surface area contributed by atoms with E-state index >= 15 is 0 Å². The fourth-order valence-electron chi connectivity index (χ4n) is 1.63. The fraction of sp³-hybridized carbons (Fsp3) is 1.00. The highest BCUT2D eigenvalue weighted by Gasteiger charge is 1.89. The zero-order valence-corrected chi connectivity index (χ0v) is 17.4. The lowest BCUT2D eigenvalue weighted by Crippen LogP contribution is -2.05. The molecule has 0 rings (SSSR count). The Morgan fingerprint density at radius 3 is 0.720 bits per heavy atom. The van der Waals surface area contributed by atoms with Gasteiger partial charge >= 0.3 is 0 Å². The average Bonchev–Trinajstić information content (AvgIpc) is 2.60. The molecule has 0 aromatic heterocycles. The minimum absolute atomic E-state index is 0. The molecule has 0 aliphatic carbocycles. The molecule has 0 spiro atoms. The van der Waals surface area contributed by atoms with Gasteiger partial charge in [-0.1, -0.05) is 53.4 Å². The van der Waals surface area contributed by atoms with Crippen molar-refractivity contribution in [1.82, 2.24) is 0 Å². The number of hydrogen-bond donors (Lipinski definition) is 0. The Bertz CT molecular complexity index is 151. The van der Waals surface area contributed by atoms with Gasteiger partial charge in [0.2, 0.25) is 0 Å². The van der Waals surface area contributed by atoms with E-state index in [1.165, 1.54) is 25.7 Å². The molecule has 0 aliphatic rings. The van der Waals surface area contributed by atoms with Gasteiger partial charge in [-0.2, -0.15) is 0 Å². The number of ether oxygens (including phenoxy) is 4. The van der Waals surface area contributed by atoms with E-state index in [0.717, 1.165) is 78.5 Å². The summed E-state index contributed by atoms with van der Waals surface area (Å²) >= 11 is 0. The van der Waals surface area contributed by atoms with Crippen molar-refractivity contribution in [3.63, 3.8) is 0 Å². The van der Waals surface area contributed by atoms with Gasteiger partial charge in [0.15, 0.2) is 0 Å². The summed E-state index contributed by atoms with van der Waals surface area (Å²) in [5.74, 6) is 0. The predicted octanol–water partition coefficient (Wildman–Crippen LogP) is 4.41. The summed E-state index contributed by atoms with van der Waals surface area (Å²) in [6.45, 7) is 15.2. The third-order valence-electron chi connectivity index (χ3n) is 3.31. The molecule has 0 aromatic rings. The molecular weight excluding hydrogens is 320 g/mol. The Morgan fingerprint density at radius 2 is 0.560 bits per heavy atom. The van der Waals surface area contributed by atoms with Crippen molar-refractivity contribution in [3.8, 4) is 0 Å². The molecule has 0 radical (unpaired) electrons. The van der Waals surface area contributed by atoms with Crippen LogP contribution in [0.5, 0.6) is 0 Å². The summed E-state index contributed by atoms with van der Waals surface area (Å²) in [4.78, 5) is 0. The molecule has 0 amide bonds. The smallest absolute Gasteiger partial charge is 0.0700 e. The molecule has 0 aromatic carbocycles. The van der Waals surface area contributed by atoms with Crippen LogP contribution in [-0.4, -0.2) is 58.3 Å². The lowest BCUT2D eigenvalue weighted by atomic mass is 10.4. The monoisotopic (exact) mass is 366 g/mol. The number of rotatable bonds is 18. The summed E-state index contributed by atoms with van der Waals surface area (Å²) in [6.07, 6.45) is 9.47. The van der Waals surface area contributed by atoms with Crippen molar-refractivity contribution in [2.24, 2.45) is 0 Å². The maximum Gasteiger partial charge on any atom is 0.0700 e. The summed E-state index contributed by atoms with van der Waals surface area (Å²) in [6, 6.07) is 0. The molecular formula is C20H46O5. The quantitative estimate of drug-likeness (QED) is 0.337. The lowest BCUT2D eigenvalue weighted by molar-refractivity contribution is 0.0457. The van der Waals surface area contributed by atoms with Gasteiger partial charge in [0, 0.05) is 26.4 Å². The van der Waals surface area contributed by atoms with Crippen LogP contribution in [0, 0.1) is 0 Å². The number of hydrogen-bond acceptors (Lipinski definition) is 4. The Balaban J connectivity index is -0.000000372. The molecule has 0 unspecified atom stereocenters. The van der Waals surface area contributed by atoms with Gasteiger partial charge in [-0.05, 0) is 25.7 Å². The van der Waals surface area contributed by atoms with Crippen LogP contribution in [0.3, 0.4) is 0 Å². The standard InChI is InChI=1S/2C10H22O2.H2O/c2*1-3-5-7-11-9-10-12-8-6-4-2;/h2*3-10H2,1-2H3;1H2. The Labute approximate surface area is 157 Å². The normalized spacial score (nSPS) is 10.1. The molecule has 0 saturated carbocycles. The fourth-order valence-corrected chi connectivity index (χ4v) is 1.63. The molecule has 0 fully saturated rings. The zero-order chi connectivity index (χ0) is 18.1. The van der Waals surface area contributed by atoms with E-state index in [9.17, 15) is 0 Å². The van der Waals surface area contributed by atoms with Crippen molar-refractivity contribution < 1.29 is 24.4 Å². The maximum atomic E-state index is 5.33. The summed E-state index contributed by atoms with van der Waals surface area (Å²) in [5.41, 5.74) is 0. The molecule has 0 saturated heterocycles. The van der Waals surface area contributed by atoms with E-state index in [2.05, 4.69) is 27.7 Å². The zero-order valence-electron chi connectivity index (χ0n) is 17.4. The second-order valence-electron chi connectivity index (χ2n) is 5.86. The molecule has 0 heterocycles. The highest BCUT2D eigenvalue weighted by Crippen LogP contribution is 1.91. The highest BCUT2D eigenvalue weighted by atomic mass is 16.5. The number of unbranched alkanes of at least 4 members (excludes halogenated alkanes) is 4. The van der Waals surface area contributed by atoms with E-state index in [1.807, 2.05) is 0 Å². The van der Waals surface area contributed by atoms with Crippen LogP contribution in [-0.2, 0) is 18.9 Å². The van der Waals surface area contributed by atoms with E-state index in [0.29, 0.717) is 0 Å². The van der Waals surface area contributed by atoms with Crippen molar-refractivity contribution in [2.75, 3.05) is 52.9 Å². The van der Waals surface area contributed by atoms with Gasteiger partial charge in [-0.25, -0.2) is 0 Å². The van der Waals surface area contributed by atoms with E-state index in [-0.39, 0.29) is 5.48 Å². The largest absolute Gasteiger partial charge is 0.412 e. The van der Waals surface area contributed by atoms with Crippen LogP contribution in [0.15, 0.2) is 0 Å². The van der Waals surface area contributed by atoms with Gasteiger partial charge in [0.25, 0.3) is 0 Å². The molecule has 0 bridgehead atoms. The van der Waals surface area contributed by atoms with Crippen molar-refractivity contribution in [3.05, 3.63) is 0 Å². The van der Waals surface area contributed by atoms with Crippen LogP contribution in [0.2, 0.25) is 0 Å². The molecule has 25 heavy (non-hydrogen) atoms. The van der Waals surface area contributed by atoms with Gasteiger partial charge in [0.1, 0.15) is 0 Å². The molecule has 0 aliphatic heterocycles.